The van der Waals surface area contributed by atoms with Crippen LogP contribution in [0.5, 0.6) is 0 Å². The summed E-state index contributed by atoms with van der Waals surface area (Å²) in [5.41, 5.74) is 3.99. The summed E-state index contributed by atoms with van der Waals surface area (Å²) in [7, 11) is 0. The highest BCUT2D eigenvalue weighted by atomic mass is 32.2. The van der Waals surface area contributed by atoms with E-state index in [4.69, 9.17) is 4.52 Å². The lowest BCUT2D eigenvalue weighted by Gasteiger charge is -2.19. The van der Waals surface area contributed by atoms with Crippen LogP contribution in [0.3, 0.4) is 0 Å². The lowest BCUT2D eigenvalue weighted by atomic mass is 10.1. The Morgan fingerprint density at radius 3 is 2.70 bits per heavy atom. The summed E-state index contributed by atoms with van der Waals surface area (Å²) in [6.07, 6.45) is 1.09. The van der Waals surface area contributed by atoms with E-state index in [-0.39, 0.29) is 5.91 Å². The van der Waals surface area contributed by atoms with Crippen molar-refractivity contribution in [2.45, 2.75) is 30.9 Å². The smallest absolute Gasteiger partial charge is 0.252 e. The molecule has 0 spiro atoms. The lowest BCUT2D eigenvalue weighted by Crippen LogP contribution is -2.31. The molecule has 0 saturated carbocycles. The molecule has 4 rings (SSSR count). The number of aromatic nitrogens is 1. The van der Waals surface area contributed by atoms with Crippen LogP contribution in [0.15, 0.2) is 64.0 Å². The SMILES string of the molecule is Cc1noc(C)c1CSc1ccccc1C(=O)NCC1CCN(c2ccccc2)C1. The third-order valence-electron chi connectivity index (χ3n) is 5.64. The maximum Gasteiger partial charge on any atom is 0.252 e. The van der Waals surface area contributed by atoms with Crippen molar-refractivity contribution in [2.75, 3.05) is 24.5 Å². The summed E-state index contributed by atoms with van der Waals surface area (Å²) in [5, 5.41) is 7.18. The first-order valence-electron chi connectivity index (χ1n) is 10.3. The number of carbonyl (C=O) groups is 1. The minimum atomic E-state index is -0.00461. The van der Waals surface area contributed by atoms with Crippen molar-refractivity contribution in [3.63, 3.8) is 0 Å². The van der Waals surface area contributed by atoms with E-state index in [0.717, 1.165) is 52.7 Å². The second-order valence-electron chi connectivity index (χ2n) is 7.73. The molecule has 1 fully saturated rings. The van der Waals surface area contributed by atoms with Crippen molar-refractivity contribution in [3.05, 3.63) is 77.2 Å². The maximum absolute atomic E-state index is 12.9. The Labute approximate surface area is 181 Å². The van der Waals surface area contributed by atoms with Crippen molar-refractivity contribution >= 4 is 23.4 Å². The summed E-state index contributed by atoms with van der Waals surface area (Å²) >= 11 is 1.65. The second-order valence-corrected chi connectivity index (χ2v) is 8.75. The molecule has 1 unspecified atom stereocenters. The second kappa shape index (κ2) is 9.39. The minimum Gasteiger partial charge on any atom is -0.371 e. The third kappa shape index (κ3) is 4.70. The number of hydrogen-bond donors (Lipinski definition) is 1. The Kier molecular flexibility index (Phi) is 6.43. The van der Waals surface area contributed by atoms with E-state index in [9.17, 15) is 4.79 Å². The average Bonchev–Trinajstić information content (AvgIpc) is 3.38. The van der Waals surface area contributed by atoms with Crippen LogP contribution in [0.4, 0.5) is 5.69 Å². The van der Waals surface area contributed by atoms with E-state index in [1.54, 1.807) is 11.8 Å². The van der Waals surface area contributed by atoms with Gasteiger partial charge in [-0.15, -0.1) is 11.8 Å². The van der Waals surface area contributed by atoms with Gasteiger partial charge in [0.15, 0.2) is 0 Å². The van der Waals surface area contributed by atoms with Crippen molar-refractivity contribution in [1.82, 2.24) is 10.5 Å². The van der Waals surface area contributed by atoms with Crippen LogP contribution in [0, 0.1) is 19.8 Å². The van der Waals surface area contributed by atoms with Gasteiger partial charge in [-0.05, 0) is 50.5 Å². The number of aryl methyl sites for hydroxylation is 2. The van der Waals surface area contributed by atoms with E-state index < -0.39 is 0 Å². The molecule has 0 radical (unpaired) electrons. The summed E-state index contributed by atoms with van der Waals surface area (Å²) in [6, 6.07) is 18.3. The summed E-state index contributed by atoms with van der Waals surface area (Å²) in [4.78, 5) is 16.3. The molecule has 5 nitrogen and oxygen atoms in total. The zero-order chi connectivity index (χ0) is 20.9. The molecule has 0 bridgehead atoms. The molecular formula is C24H27N3O2S. The van der Waals surface area contributed by atoms with Gasteiger partial charge in [0.1, 0.15) is 5.76 Å². The fourth-order valence-corrected chi connectivity index (χ4v) is 5.05. The number of benzene rings is 2. The van der Waals surface area contributed by atoms with Gasteiger partial charge in [-0.3, -0.25) is 4.79 Å². The zero-order valence-electron chi connectivity index (χ0n) is 17.4. The van der Waals surface area contributed by atoms with Gasteiger partial charge in [-0.2, -0.15) is 0 Å². The van der Waals surface area contributed by atoms with Gasteiger partial charge >= 0.3 is 0 Å². The van der Waals surface area contributed by atoms with Gasteiger partial charge in [-0.1, -0.05) is 35.5 Å². The Hall–Kier alpha value is -2.73. The summed E-state index contributed by atoms with van der Waals surface area (Å²) < 4.78 is 5.25. The van der Waals surface area contributed by atoms with E-state index in [2.05, 4.69) is 39.6 Å². The Morgan fingerprint density at radius 1 is 1.17 bits per heavy atom. The molecule has 0 aliphatic carbocycles. The number of carbonyl (C=O) groups excluding carboxylic acids is 1. The van der Waals surface area contributed by atoms with Gasteiger partial charge in [0.25, 0.3) is 5.91 Å². The fraction of sp³-hybridized carbons (Fsp3) is 0.333. The number of thioether (sulfide) groups is 1. The van der Waals surface area contributed by atoms with Crippen LogP contribution in [0.25, 0.3) is 0 Å². The molecule has 1 amide bonds. The standard InChI is InChI=1S/C24H27N3O2S/c1-17-22(18(2)29-26-17)16-30-23-11-7-6-10-21(23)24(28)25-14-19-12-13-27(15-19)20-8-4-3-5-9-20/h3-11,19H,12-16H2,1-2H3,(H,25,28). The van der Waals surface area contributed by atoms with Crippen molar-refractivity contribution < 1.29 is 9.32 Å². The highest BCUT2D eigenvalue weighted by Crippen LogP contribution is 2.29. The molecular weight excluding hydrogens is 394 g/mol. The normalized spacial score (nSPS) is 16.1. The first kappa shape index (κ1) is 20.5. The van der Waals surface area contributed by atoms with Crippen molar-refractivity contribution in [2.24, 2.45) is 5.92 Å². The number of hydrogen-bond acceptors (Lipinski definition) is 5. The van der Waals surface area contributed by atoms with E-state index in [1.807, 2.05) is 44.2 Å². The monoisotopic (exact) mass is 421 g/mol. The van der Waals surface area contributed by atoms with Crippen molar-refractivity contribution in [1.29, 1.82) is 0 Å². The number of amides is 1. The zero-order valence-corrected chi connectivity index (χ0v) is 18.2. The van der Waals surface area contributed by atoms with Gasteiger partial charge in [-0.25, -0.2) is 0 Å². The summed E-state index contributed by atoms with van der Waals surface area (Å²) in [6.45, 7) is 6.59. The molecule has 1 atom stereocenters. The van der Waals surface area contributed by atoms with Gasteiger partial charge in [0, 0.05) is 41.5 Å². The number of para-hydroxylation sites is 1. The molecule has 2 aromatic carbocycles. The quantitative estimate of drug-likeness (QED) is 0.553. The molecule has 1 aliphatic heterocycles. The van der Waals surface area contributed by atoms with Crippen molar-refractivity contribution in [3.8, 4) is 0 Å². The van der Waals surface area contributed by atoms with E-state index in [0.29, 0.717) is 12.5 Å². The number of nitrogens with zero attached hydrogens (tertiary/aromatic N) is 2. The van der Waals surface area contributed by atoms with E-state index >= 15 is 0 Å². The Balaban J connectivity index is 1.34. The third-order valence-corrected chi connectivity index (χ3v) is 6.74. The fourth-order valence-electron chi connectivity index (χ4n) is 3.84. The van der Waals surface area contributed by atoms with Crippen LogP contribution >= 0.6 is 11.8 Å². The molecule has 6 heteroatoms. The molecule has 1 aliphatic rings. The van der Waals surface area contributed by atoms with Crippen LogP contribution < -0.4 is 10.2 Å². The average molecular weight is 422 g/mol. The Bertz CT molecular complexity index is 983. The van der Waals surface area contributed by atoms with E-state index in [1.165, 1.54) is 5.69 Å². The molecule has 1 aromatic heterocycles. The highest BCUT2D eigenvalue weighted by molar-refractivity contribution is 7.98. The molecule has 156 valence electrons. The van der Waals surface area contributed by atoms with Gasteiger partial charge in [0.05, 0.1) is 11.3 Å². The molecule has 3 aromatic rings. The number of nitrogens with one attached hydrogen (secondary N) is 1. The van der Waals surface area contributed by atoms with Gasteiger partial charge in [0.2, 0.25) is 0 Å². The molecule has 30 heavy (non-hydrogen) atoms. The first-order valence-corrected chi connectivity index (χ1v) is 11.3. The topological polar surface area (TPSA) is 58.4 Å². The van der Waals surface area contributed by atoms with Crippen LogP contribution in [0.1, 0.15) is 33.8 Å². The minimum absolute atomic E-state index is 0.00461. The summed E-state index contributed by atoms with van der Waals surface area (Å²) in [5.74, 6) is 2.04. The lowest BCUT2D eigenvalue weighted by molar-refractivity contribution is 0.0945. The molecule has 2 heterocycles. The predicted molar refractivity (Wildman–Crippen MR) is 121 cm³/mol. The molecule has 1 N–H and O–H groups in total. The number of rotatable bonds is 7. The van der Waals surface area contributed by atoms with Crippen LogP contribution in [0.2, 0.25) is 0 Å². The largest absolute Gasteiger partial charge is 0.371 e. The first-order chi connectivity index (χ1) is 14.6. The Morgan fingerprint density at radius 2 is 1.93 bits per heavy atom. The highest BCUT2D eigenvalue weighted by Gasteiger charge is 2.23. The number of anilines is 1. The predicted octanol–water partition coefficient (Wildman–Crippen LogP) is 4.84. The molecule has 1 saturated heterocycles. The maximum atomic E-state index is 12.9. The van der Waals surface area contributed by atoms with Crippen LogP contribution in [-0.4, -0.2) is 30.7 Å². The van der Waals surface area contributed by atoms with Crippen LogP contribution in [-0.2, 0) is 5.75 Å². The van der Waals surface area contributed by atoms with Gasteiger partial charge < -0.3 is 14.7 Å².